The molecule has 0 aliphatic carbocycles. The normalized spacial score (nSPS) is 11.8. The average Bonchev–Trinajstić information content (AvgIpc) is 2.89. The average molecular weight is 345 g/mol. The lowest BCUT2D eigenvalue weighted by Gasteiger charge is -2.12. The van der Waals surface area contributed by atoms with Crippen LogP contribution >= 0.6 is 0 Å². The fourth-order valence-corrected chi connectivity index (χ4v) is 3.25. The highest BCUT2D eigenvalue weighted by molar-refractivity contribution is 7.89. The minimum atomic E-state index is -3.92. The van der Waals surface area contributed by atoms with Crippen LogP contribution in [0.2, 0.25) is 0 Å². The van der Waals surface area contributed by atoms with Crippen molar-refractivity contribution >= 4 is 10.0 Å². The maximum atomic E-state index is 12.3. The molecule has 0 spiro atoms. The van der Waals surface area contributed by atoms with Crippen LogP contribution in [-0.2, 0) is 16.6 Å². The van der Waals surface area contributed by atoms with Gasteiger partial charge in [-0.1, -0.05) is 12.1 Å². The second kappa shape index (κ2) is 7.51. The monoisotopic (exact) mass is 345 g/mol. The number of alkyl halides is 2. The van der Waals surface area contributed by atoms with Gasteiger partial charge in [0.25, 0.3) is 0 Å². The summed E-state index contributed by atoms with van der Waals surface area (Å²) < 4.78 is 57.6. The van der Waals surface area contributed by atoms with E-state index in [0.717, 1.165) is 5.82 Å². The summed E-state index contributed by atoms with van der Waals surface area (Å²) in [4.78, 5) is 3.76. The van der Waals surface area contributed by atoms with Crippen LogP contribution in [0.1, 0.15) is 12.2 Å². The first-order chi connectivity index (χ1) is 10.9. The Balaban J connectivity index is 1.98. The van der Waals surface area contributed by atoms with E-state index in [1.54, 1.807) is 12.4 Å². The third-order valence-corrected chi connectivity index (χ3v) is 4.65. The SMILES string of the molecule is Cc1nccn1CCCNS(=O)(=O)c1ccccc1OC(F)F. The summed E-state index contributed by atoms with van der Waals surface area (Å²) in [6.07, 6.45) is 4.00. The number of nitrogens with zero attached hydrogens (tertiary/aromatic N) is 2. The maximum Gasteiger partial charge on any atom is 0.387 e. The number of benzene rings is 1. The van der Waals surface area contributed by atoms with Gasteiger partial charge >= 0.3 is 6.61 Å². The van der Waals surface area contributed by atoms with Gasteiger partial charge in [-0.25, -0.2) is 18.1 Å². The summed E-state index contributed by atoms with van der Waals surface area (Å²) in [5, 5.41) is 0. The minimum Gasteiger partial charge on any atom is -0.433 e. The lowest BCUT2D eigenvalue weighted by Crippen LogP contribution is -2.26. The van der Waals surface area contributed by atoms with Crippen molar-refractivity contribution in [3.8, 4) is 5.75 Å². The van der Waals surface area contributed by atoms with Gasteiger partial charge in [-0.2, -0.15) is 8.78 Å². The number of hydrogen-bond acceptors (Lipinski definition) is 4. The molecule has 0 unspecified atom stereocenters. The van der Waals surface area contributed by atoms with Gasteiger partial charge in [-0.15, -0.1) is 0 Å². The molecule has 6 nitrogen and oxygen atoms in total. The molecule has 0 bridgehead atoms. The fourth-order valence-electron chi connectivity index (χ4n) is 2.04. The van der Waals surface area contributed by atoms with Gasteiger partial charge in [-0.05, 0) is 25.5 Å². The van der Waals surface area contributed by atoms with E-state index >= 15 is 0 Å². The number of hydrogen-bond donors (Lipinski definition) is 1. The maximum absolute atomic E-state index is 12.3. The number of para-hydroxylation sites is 1. The second-order valence-corrected chi connectivity index (χ2v) is 6.48. The molecular formula is C14H17F2N3O3S. The first-order valence-electron chi connectivity index (χ1n) is 6.91. The largest absolute Gasteiger partial charge is 0.433 e. The zero-order valence-corrected chi connectivity index (χ0v) is 13.3. The zero-order valence-electron chi connectivity index (χ0n) is 12.4. The van der Waals surface area contributed by atoms with E-state index in [1.807, 2.05) is 11.5 Å². The van der Waals surface area contributed by atoms with Crippen LogP contribution < -0.4 is 9.46 Å². The van der Waals surface area contributed by atoms with Crippen LogP contribution in [0.15, 0.2) is 41.6 Å². The van der Waals surface area contributed by atoms with Crippen molar-refractivity contribution in [3.63, 3.8) is 0 Å². The molecule has 126 valence electrons. The van der Waals surface area contributed by atoms with Crippen molar-refractivity contribution in [1.82, 2.24) is 14.3 Å². The molecule has 2 aromatic rings. The molecular weight excluding hydrogens is 328 g/mol. The number of halogens is 2. The predicted octanol–water partition coefficient (Wildman–Crippen LogP) is 2.16. The fraction of sp³-hybridized carbons (Fsp3) is 0.357. The Labute approximate surface area is 133 Å². The third-order valence-electron chi connectivity index (χ3n) is 3.15. The summed E-state index contributed by atoms with van der Waals surface area (Å²) in [7, 11) is -3.92. The molecule has 23 heavy (non-hydrogen) atoms. The molecule has 0 aliphatic rings. The number of ether oxygens (including phenoxy) is 1. The van der Waals surface area contributed by atoms with E-state index in [1.165, 1.54) is 24.3 Å². The van der Waals surface area contributed by atoms with Gasteiger partial charge < -0.3 is 9.30 Å². The van der Waals surface area contributed by atoms with Crippen LogP contribution in [0.25, 0.3) is 0 Å². The van der Waals surface area contributed by atoms with Crippen molar-refractivity contribution in [2.24, 2.45) is 0 Å². The number of nitrogens with one attached hydrogen (secondary N) is 1. The van der Waals surface area contributed by atoms with Crippen LogP contribution in [0.4, 0.5) is 8.78 Å². The molecule has 0 aliphatic heterocycles. The molecule has 0 atom stereocenters. The number of aromatic nitrogens is 2. The molecule has 0 amide bonds. The van der Waals surface area contributed by atoms with E-state index in [0.29, 0.717) is 13.0 Å². The molecule has 1 N–H and O–H groups in total. The number of sulfonamides is 1. The summed E-state index contributed by atoms with van der Waals surface area (Å²) in [6, 6.07) is 5.29. The van der Waals surface area contributed by atoms with Crippen molar-refractivity contribution in [1.29, 1.82) is 0 Å². The molecule has 0 fully saturated rings. The smallest absolute Gasteiger partial charge is 0.387 e. The van der Waals surface area contributed by atoms with Crippen LogP contribution in [-0.4, -0.2) is 31.1 Å². The van der Waals surface area contributed by atoms with E-state index in [9.17, 15) is 17.2 Å². The lowest BCUT2D eigenvalue weighted by atomic mass is 10.3. The summed E-state index contributed by atoms with van der Waals surface area (Å²) in [5.41, 5.74) is 0. The van der Waals surface area contributed by atoms with Gasteiger partial charge in [0.1, 0.15) is 16.5 Å². The molecule has 0 saturated heterocycles. The Bertz CT molecular complexity index is 747. The lowest BCUT2D eigenvalue weighted by molar-refractivity contribution is -0.0517. The van der Waals surface area contributed by atoms with Crippen molar-refractivity contribution in [2.75, 3.05) is 6.54 Å². The number of imidazole rings is 1. The van der Waals surface area contributed by atoms with E-state index in [2.05, 4.69) is 14.4 Å². The Morgan fingerprint density at radius 3 is 2.74 bits per heavy atom. The molecule has 0 radical (unpaired) electrons. The Kier molecular flexibility index (Phi) is 5.67. The van der Waals surface area contributed by atoms with E-state index in [-0.39, 0.29) is 17.2 Å². The Morgan fingerprint density at radius 1 is 1.35 bits per heavy atom. The molecule has 1 aromatic carbocycles. The summed E-state index contributed by atoms with van der Waals surface area (Å²) in [5.74, 6) is 0.462. The summed E-state index contributed by atoms with van der Waals surface area (Å²) in [6.45, 7) is -0.468. The Hall–Kier alpha value is -2.00. The van der Waals surface area contributed by atoms with Gasteiger partial charge in [0, 0.05) is 25.5 Å². The van der Waals surface area contributed by atoms with E-state index < -0.39 is 16.6 Å². The topological polar surface area (TPSA) is 73.2 Å². The van der Waals surface area contributed by atoms with Gasteiger partial charge in [0.05, 0.1) is 0 Å². The van der Waals surface area contributed by atoms with Gasteiger partial charge in [-0.3, -0.25) is 0 Å². The highest BCUT2D eigenvalue weighted by Gasteiger charge is 2.20. The standard InChI is InChI=1S/C14H17F2N3O3S/c1-11-17-8-10-19(11)9-4-7-18-23(20,21)13-6-3-2-5-12(13)22-14(15)16/h2-3,5-6,8,10,14,18H,4,7,9H2,1H3. The predicted molar refractivity (Wildman–Crippen MR) is 79.8 cm³/mol. The molecule has 1 aromatic heterocycles. The van der Waals surface area contributed by atoms with Gasteiger partial charge in [0.15, 0.2) is 0 Å². The highest BCUT2D eigenvalue weighted by Crippen LogP contribution is 2.24. The van der Waals surface area contributed by atoms with Crippen molar-refractivity contribution < 1.29 is 21.9 Å². The Morgan fingerprint density at radius 2 is 2.09 bits per heavy atom. The quantitative estimate of drug-likeness (QED) is 0.744. The number of aryl methyl sites for hydroxylation is 2. The summed E-state index contributed by atoms with van der Waals surface area (Å²) >= 11 is 0. The first kappa shape index (κ1) is 17.4. The van der Waals surface area contributed by atoms with Crippen LogP contribution in [0.5, 0.6) is 5.75 Å². The third kappa shape index (κ3) is 4.73. The molecule has 0 saturated carbocycles. The minimum absolute atomic E-state index is 0.170. The van der Waals surface area contributed by atoms with Gasteiger partial charge in [0.2, 0.25) is 10.0 Å². The first-order valence-corrected chi connectivity index (χ1v) is 8.40. The van der Waals surface area contributed by atoms with Crippen molar-refractivity contribution in [3.05, 3.63) is 42.5 Å². The molecule has 9 heteroatoms. The van der Waals surface area contributed by atoms with Crippen molar-refractivity contribution in [2.45, 2.75) is 31.4 Å². The molecule has 1 heterocycles. The van der Waals surface area contributed by atoms with Crippen LogP contribution in [0.3, 0.4) is 0 Å². The zero-order chi connectivity index (χ0) is 16.9. The number of rotatable bonds is 8. The van der Waals surface area contributed by atoms with Crippen LogP contribution in [0, 0.1) is 6.92 Å². The molecule has 2 rings (SSSR count). The highest BCUT2D eigenvalue weighted by atomic mass is 32.2. The second-order valence-electron chi connectivity index (χ2n) is 4.74. The van der Waals surface area contributed by atoms with E-state index in [4.69, 9.17) is 0 Å².